The molecule has 0 aliphatic carbocycles. The summed E-state index contributed by atoms with van der Waals surface area (Å²) in [4.78, 5) is 13.1. The molecular formula is C10H20N2O2. The minimum Gasteiger partial charge on any atom is -0.481 e. The number of likely N-dealkylation sites (tertiary alicyclic amines) is 1. The highest BCUT2D eigenvalue weighted by atomic mass is 16.4. The smallest absolute Gasteiger partial charge is 0.310 e. The van der Waals surface area contributed by atoms with Gasteiger partial charge in [-0.15, -0.1) is 0 Å². The topological polar surface area (TPSA) is 66.6 Å². The predicted molar refractivity (Wildman–Crippen MR) is 55.1 cm³/mol. The van der Waals surface area contributed by atoms with E-state index in [4.69, 9.17) is 10.8 Å². The van der Waals surface area contributed by atoms with Gasteiger partial charge in [0, 0.05) is 19.1 Å². The van der Waals surface area contributed by atoms with Crippen molar-refractivity contribution in [2.75, 3.05) is 19.6 Å². The summed E-state index contributed by atoms with van der Waals surface area (Å²) < 4.78 is 0. The molecule has 1 aliphatic heterocycles. The molecule has 4 nitrogen and oxygen atoms in total. The van der Waals surface area contributed by atoms with Crippen LogP contribution in [-0.2, 0) is 4.79 Å². The third-order valence-corrected chi connectivity index (χ3v) is 2.95. The van der Waals surface area contributed by atoms with Gasteiger partial charge in [0.15, 0.2) is 0 Å². The number of carboxylic acids is 1. The zero-order valence-corrected chi connectivity index (χ0v) is 8.99. The average Bonchev–Trinajstić information content (AvgIpc) is 2.50. The number of rotatable bonds is 4. The molecule has 0 aromatic rings. The SMILES string of the molecule is CC(C)(CN1CCCC1CN)C(=O)O. The number of nitrogens with two attached hydrogens (primary N) is 1. The second-order valence-corrected chi connectivity index (χ2v) is 4.69. The van der Waals surface area contributed by atoms with Crippen molar-refractivity contribution in [2.24, 2.45) is 11.1 Å². The van der Waals surface area contributed by atoms with E-state index in [0.29, 0.717) is 19.1 Å². The first-order chi connectivity index (χ1) is 6.47. The first-order valence-electron chi connectivity index (χ1n) is 5.15. The Morgan fingerprint density at radius 2 is 2.29 bits per heavy atom. The Labute approximate surface area is 85.1 Å². The summed E-state index contributed by atoms with van der Waals surface area (Å²) >= 11 is 0. The summed E-state index contributed by atoms with van der Waals surface area (Å²) in [6.45, 7) is 5.75. The van der Waals surface area contributed by atoms with Gasteiger partial charge in [-0.25, -0.2) is 0 Å². The predicted octanol–water partition coefficient (Wildman–Crippen LogP) is 0.520. The number of nitrogens with zero attached hydrogens (tertiary/aromatic N) is 1. The molecular weight excluding hydrogens is 180 g/mol. The average molecular weight is 200 g/mol. The molecule has 1 unspecified atom stereocenters. The van der Waals surface area contributed by atoms with E-state index < -0.39 is 11.4 Å². The number of carbonyl (C=O) groups is 1. The van der Waals surface area contributed by atoms with Crippen LogP contribution in [-0.4, -0.2) is 41.7 Å². The molecule has 0 spiro atoms. The fourth-order valence-corrected chi connectivity index (χ4v) is 1.95. The fraction of sp³-hybridized carbons (Fsp3) is 0.900. The Balaban J connectivity index is 2.54. The highest BCUT2D eigenvalue weighted by Gasteiger charge is 2.33. The first kappa shape index (κ1) is 11.5. The molecule has 0 amide bonds. The van der Waals surface area contributed by atoms with Crippen molar-refractivity contribution >= 4 is 5.97 Å². The van der Waals surface area contributed by atoms with Gasteiger partial charge in [-0.1, -0.05) is 0 Å². The van der Waals surface area contributed by atoms with Crippen molar-refractivity contribution in [3.05, 3.63) is 0 Å². The second kappa shape index (κ2) is 4.28. The lowest BCUT2D eigenvalue weighted by atomic mass is 9.93. The Kier molecular flexibility index (Phi) is 3.50. The van der Waals surface area contributed by atoms with Gasteiger partial charge in [0.2, 0.25) is 0 Å². The highest BCUT2D eigenvalue weighted by Crippen LogP contribution is 2.23. The summed E-state index contributed by atoms with van der Waals surface area (Å²) in [5.41, 5.74) is 4.96. The molecule has 1 rings (SSSR count). The van der Waals surface area contributed by atoms with Crippen LogP contribution in [0.2, 0.25) is 0 Å². The van der Waals surface area contributed by atoms with Gasteiger partial charge in [-0.3, -0.25) is 9.69 Å². The quantitative estimate of drug-likeness (QED) is 0.694. The molecule has 1 fully saturated rings. The normalized spacial score (nSPS) is 24.1. The molecule has 0 radical (unpaired) electrons. The zero-order valence-electron chi connectivity index (χ0n) is 8.99. The summed E-state index contributed by atoms with van der Waals surface area (Å²) in [5.74, 6) is -0.736. The van der Waals surface area contributed by atoms with Gasteiger partial charge in [0.05, 0.1) is 5.41 Å². The van der Waals surface area contributed by atoms with Crippen LogP contribution in [0.4, 0.5) is 0 Å². The summed E-state index contributed by atoms with van der Waals surface area (Å²) in [6.07, 6.45) is 2.24. The van der Waals surface area contributed by atoms with Crippen molar-refractivity contribution in [1.82, 2.24) is 4.90 Å². The van der Waals surface area contributed by atoms with Crippen LogP contribution in [0.3, 0.4) is 0 Å². The Hall–Kier alpha value is -0.610. The molecule has 3 N–H and O–H groups in total. The van der Waals surface area contributed by atoms with Crippen LogP contribution in [0.25, 0.3) is 0 Å². The van der Waals surface area contributed by atoms with E-state index in [-0.39, 0.29) is 0 Å². The van der Waals surface area contributed by atoms with Gasteiger partial charge in [-0.05, 0) is 33.2 Å². The summed E-state index contributed by atoms with van der Waals surface area (Å²) in [6, 6.07) is 0.383. The number of hydrogen-bond donors (Lipinski definition) is 2. The van der Waals surface area contributed by atoms with Crippen LogP contribution in [0.15, 0.2) is 0 Å². The van der Waals surface area contributed by atoms with E-state index in [2.05, 4.69) is 4.90 Å². The molecule has 4 heteroatoms. The van der Waals surface area contributed by atoms with E-state index in [9.17, 15) is 4.79 Å². The molecule has 1 saturated heterocycles. The molecule has 1 heterocycles. The van der Waals surface area contributed by atoms with Gasteiger partial charge in [0.1, 0.15) is 0 Å². The Bertz CT molecular complexity index is 216. The Morgan fingerprint density at radius 3 is 2.79 bits per heavy atom. The van der Waals surface area contributed by atoms with Crippen LogP contribution in [0, 0.1) is 5.41 Å². The number of aliphatic carboxylic acids is 1. The van der Waals surface area contributed by atoms with E-state index in [1.54, 1.807) is 13.8 Å². The largest absolute Gasteiger partial charge is 0.481 e. The van der Waals surface area contributed by atoms with Crippen LogP contribution < -0.4 is 5.73 Å². The lowest BCUT2D eigenvalue weighted by Crippen LogP contribution is -2.44. The zero-order chi connectivity index (χ0) is 10.8. The van der Waals surface area contributed by atoms with Gasteiger partial charge in [-0.2, -0.15) is 0 Å². The van der Waals surface area contributed by atoms with Crippen molar-refractivity contribution in [3.63, 3.8) is 0 Å². The third-order valence-electron chi connectivity index (χ3n) is 2.95. The van der Waals surface area contributed by atoms with Crippen molar-refractivity contribution in [2.45, 2.75) is 32.7 Å². The van der Waals surface area contributed by atoms with E-state index >= 15 is 0 Å². The van der Waals surface area contributed by atoms with E-state index in [1.165, 1.54) is 0 Å². The minimum atomic E-state index is -0.736. The second-order valence-electron chi connectivity index (χ2n) is 4.69. The molecule has 1 atom stereocenters. The molecule has 1 aliphatic rings. The molecule has 0 aromatic carbocycles. The molecule has 0 saturated carbocycles. The molecule has 0 bridgehead atoms. The van der Waals surface area contributed by atoms with Crippen LogP contribution in [0.5, 0.6) is 0 Å². The lowest BCUT2D eigenvalue weighted by Gasteiger charge is -2.30. The van der Waals surface area contributed by atoms with E-state index in [1.807, 2.05) is 0 Å². The maximum Gasteiger partial charge on any atom is 0.310 e. The van der Waals surface area contributed by atoms with Crippen molar-refractivity contribution in [3.8, 4) is 0 Å². The fourth-order valence-electron chi connectivity index (χ4n) is 1.95. The van der Waals surface area contributed by atoms with Crippen LogP contribution in [0.1, 0.15) is 26.7 Å². The number of carboxylic acid groups (broad SMARTS) is 1. The molecule has 0 aromatic heterocycles. The van der Waals surface area contributed by atoms with Gasteiger partial charge < -0.3 is 10.8 Å². The van der Waals surface area contributed by atoms with Gasteiger partial charge >= 0.3 is 5.97 Å². The van der Waals surface area contributed by atoms with E-state index in [0.717, 1.165) is 19.4 Å². The number of hydrogen-bond acceptors (Lipinski definition) is 3. The van der Waals surface area contributed by atoms with Gasteiger partial charge in [0.25, 0.3) is 0 Å². The Morgan fingerprint density at radius 1 is 1.64 bits per heavy atom. The van der Waals surface area contributed by atoms with Crippen molar-refractivity contribution in [1.29, 1.82) is 0 Å². The summed E-state index contributed by atoms with van der Waals surface area (Å²) in [7, 11) is 0. The lowest BCUT2D eigenvalue weighted by molar-refractivity contribution is -0.148. The monoisotopic (exact) mass is 200 g/mol. The van der Waals surface area contributed by atoms with Crippen molar-refractivity contribution < 1.29 is 9.90 Å². The molecule has 14 heavy (non-hydrogen) atoms. The maximum atomic E-state index is 10.9. The molecule has 82 valence electrons. The third kappa shape index (κ3) is 2.45. The first-order valence-corrected chi connectivity index (χ1v) is 5.15. The minimum absolute atomic E-state index is 0.383. The maximum absolute atomic E-state index is 10.9. The van der Waals surface area contributed by atoms with Crippen LogP contribution >= 0.6 is 0 Å². The summed E-state index contributed by atoms with van der Waals surface area (Å²) in [5, 5.41) is 9.00. The highest BCUT2D eigenvalue weighted by molar-refractivity contribution is 5.73. The standard InChI is InChI=1S/C10H20N2O2/c1-10(2,9(13)14)7-12-5-3-4-8(12)6-11/h8H,3-7,11H2,1-2H3,(H,13,14).